The summed E-state index contributed by atoms with van der Waals surface area (Å²) < 4.78 is 0.712. The predicted octanol–water partition coefficient (Wildman–Crippen LogP) is 2.17. The molecule has 1 aromatic rings. The smallest absolute Gasteiger partial charge is 0.0931 e. The van der Waals surface area contributed by atoms with Gasteiger partial charge in [-0.25, -0.2) is 0 Å². The second kappa shape index (κ2) is 4.23. The minimum atomic E-state index is -0.472. The maximum absolute atomic E-state index is 9.43. The largest absolute Gasteiger partial charge is 0.391 e. The topological polar surface area (TPSA) is 46.2 Å². The zero-order chi connectivity index (χ0) is 9.14. The van der Waals surface area contributed by atoms with Gasteiger partial charge in [-0.3, -0.25) is 0 Å². The lowest BCUT2D eigenvalue weighted by molar-refractivity contribution is 0.142. The van der Waals surface area contributed by atoms with Gasteiger partial charge in [-0.1, -0.05) is 18.5 Å². The normalized spacial score (nSPS) is 16.0. The second-order valence-corrected chi connectivity index (χ2v) is 4.39. The molecule has 1 aromatic heterocycles. The quantitative estimate of drug-likeness (QED) is 0.795. The minimum absolute atomic E-state index is 0.299. The van der Waals surface area contributed by atoms with Crippen LogP contribution < -0.4 is 5.73 Å². The number of thiophene rings is 1. The van der Waals surface area contributed by atoms with Gasteiger partial charge in [-0.2, -0.15) is 0 Å². The van der Waals surface area contributed by atoms with Crippen LogP contribution in [0.4, 0.5) is 0 Å². The van der Waals surface area contributed by atoms with Gasteiger partial charge in [0.25, 0.3) is 0 Å². The Morgan fingerprint density at radius 1 is 1.67 bits per heavy atom. The van der Waals surface area contributed by atoms with Crippen molar-refractivity contribution < 1.29 is 5.11 Å². The first-order valence-corrected chi connectivity index (χ1v) is 5.03. The number of hydrogen-bond donors (Lipinski definition) is 2. The van der Waals surface area contributed by atoms with Crippen molar-refractivity contribution in [1.29, 1.82) is 0 Å². The van der Waals surface area contributed by atoms with Crippen molar-refractivity contribution in [3.8, 4) is 0 Å². The lowest BCUT2D eigenvalue weighted by Gasteiger charge is -2.14. The summed E-state index contributed by atoms with van der Waals surface area (Å²) in [5, 5.41) is 9.43. The van der Waals surface area contributed by atoms with Gasteiger partial charge < -0.3 is 10.8 Å². The van der Waals surface area contributed by atoms with E-state index in [1.54, 1.807) is 6.07 Å². The summed E-state index contributed by atoms with van der Waals surface area (Å²) >= 11 is 7.15. The van der Waals surface area contributed by atoms with E-state index in [0.717, 1.165) is 4.88 Å². The van der Waals surface area contributed by atoms with E-state index in [1.807, 2.05) is 13.0 Å². The average molecular weight is 206 g/mol. The summed E-state index contributed by atoms with van der Waals surface area (Å²) in [5.41, 5.74) is 5.76. The second-order valence-electron chi connectivity index (χ2n) is 2.64. The Balaban J connectivity index is 2.70. The van der Waals surface area contributed by atoms with Gasteiger partial charge in [0.05, 0.1) is 16.5 Å². The molecule has 0 aromatic carbocycles. The predicted molar refractivity (Wildman–Crippen MR) is 52.6 cm³/mol. The van der Waals surface area contributed by atoms with E-state index in [0.29, 0.717) is 10.8 Å². The Morgan fingerprint density at radius 3 is 2.75 bits per heavy atom. The molecule has 0 aliphatic rings. The van der Waals surface area contributed by atoms with Gasteiger partial charge >= 0.3 is 0 Å². The van der Waals surface area contributed by atoms with Gasteiger partial charge in [0.2, 0.25) is 0 Å². The fourth-order valence-corrected chi connectivity index (χ4v) is 2.07. The van der Waals surface area contributed by atoms with Crippen molar-refractivity contribution in [2.24, 2.45) is 5.73 Å². The molecule has 2 nitrogen and oxygen atoms in total. The van der Waals surface area contributed by atoms with Crippen LogP contribution in [-0.2, 0) is 0 Å². The van der Waals surface area contributed by atoms with E-state index in [-0.39, 0.29) is 6.04 Å². The summed E-state index contributed by atoms with van der Waals surface area (Å²) in [6.45, 7) is 1.90. The Labute approximate surface area is 81.0 Å². The van der Waals surface area contributed by atoms with E-state index in [4.69, 9.17) is 17.3 Å². The highest BCUT2D eigenvalue weighted by Crippen LogP contribution is 2.27. The molecule has 0 saturated carbocycles. The molecule has 0 radical (unpaired) electrons. The third-order valence-electron chi connectivity index (χ3n) is 1.76. The molecule has 0 amide bonds. The highest BCUT2D eigenvalue weighted by Gasteiger charge is 2.16. The van der Waals surface area contributed by atoms with Gasteiger partial charge in [0, 0.05) is 4.88 Å². The van der Waals surface area contributed by atoms with E-state index in [2.05, 4.69) is 0 Å². The van der Waals surface area contributed by atoms with Crippen LogP contribution in [0.5, 0.6) is 0 Å². The van der Waals surface area contributed by atoms with Crippen molar-refractivity contribution >= 4 is 22.9 Å². The molecule has 0 fully saturated rings. The van der Waals surface area contributed by atoms with Gasteiger partial charge in [-0.15, -0.1) is 11.3 Å². The molecule has 0 aliphatic heterocycles. The summed E-state index contributed by atoms with van der Waals surface area (Å²) in [5.74, 6) is 0. The van der Waals surface area contributed by atoms with Gasteiger partial charge in [0.1, 0.15) is 0 Å². The zero-order valence-corrected chi connectivity index (χ0v) is 8.40. The maximum atomic E-state index is 9.43. The molecule has 68 valence electrons. The minimum Gasteiger partial charge on any atom is -0.391 e. The van der Waals surface area contributed by atoms with Crippen LogP contribution in [0.1, 0.15) is 24.3 Å². The SMILES string of the molecule is CC[C@H](O)[C@H](N)c1ccc(Cl)s1. The lowest BCUT2D eigenvalue weighted by atomic mass is 10.1. The van der Waals surface area contributed by atoms with Crippen LogP contribution in [0.25, 0.3) is 0 Å². The Morgan fingerprint density at radius 2 is 2.33 bits per heavy atom. The molecule has 2 atom stereocenters. The van der Waals surface area contributed by atoms with Crippen molar-refractivity contribution in [1.82, 2.24) is 0 Å². The third-order valence-corrected chi connectivity index (χ3v) is 3.09. The summed E-state index contributed by atoms with van der Waals surface area (Å²) in [4.78, 5) is 0.939. The molecule has 0 saturated heterocycles. The lowest BCUT2D eigenvalue weighted by Crippen LogP contribution is -2.24. The van der Waals surface area contributed by atoms with Crippen LogP contribution in [0, 0.1) is 0 Å². The molecular formula is C8H12ClNOS. The molecule has 0 unspecified atom stereocenters. The van der Waals surface area contributed by atoms with Crippen LogP contribution in [0.2, 0.25) is 4.34 Å². The third kappa shape index (κ3) is 2.20. The van der Waals surface area contributed by atoms with Crippen molar-refractivity contribution in [3.63, 3.8) is 0 Å². The van der Waals surface area contributed by atoms with Crippen LogP contribution in [0.15, 0.2) is 12.1 Å². The van der Waals surface area contributed by atoms with Crippen LogP contribution >= 0.6 is 22.9 Å². The summed E-state index contributed by atoms with van der Waals surface area (Å²) in [7, 11) is 0. The van der Waals surface area contributed by atoms with E-state index in [1.165, 1.54) is 11.3 Å². The van der Waals surface area contributed by atoms with Crippen molar-refractivity contribution in [2.75, 3.05) is 0 Å². The number of aliphatic hydroxyl groups excluding tert-OH is 1. The molecule has 0 aliphatic carbocycles. The molecule has 3 N–H and O–H groups in total. The monoisotopic (exact) mass is 205 g/mol. The van der Waals surface area contributed by atoms with Crippen molar-refractivity contribution in [3.05, 3.63) is 21.3 Å². The standard InChI is InChI=1S/C8H12ClNOS/c1-2-5(11)8(10)6-3-4-7(9)12-6/h3-5,8,11H,2,10H2,1H3/t5-,8-/m0/s1. The van der Waals surface area contributed by atoms with Crippen molar-refractivity contribution in [2.45, 2.75) is 25.5 Å². The molecule has 1 heterocycles. The number of hydrogen-bond acceptors (Lipinski definition) is 3. The molecule has 12 heavy (non-hydrogen) atoms. The molecule has 0 spiro atoms. The fraction of sp³-hybridized carbons (Fsp3) is 0.500. The highest BCUT2D eigenvalue weighted by molar-refractivity contribution is 7.16. The number of rotatable bonds is 3. The fourth-order valence-electron chi connectivity index (χ4n) is 0.951. The Bertz CT molecular complexity index is 251. The number of nitrogens with two attached hydrogens (primary N) is 1. The first-order chi connectivity index (χ1) is 5.65. The van der Waals surface area contributed by atoms with E-state index < -0.39 is 6.10 Å². The first-order valence-electron chi connectivity index (χ1n) is 3.84. The van der Waals surface area contributed by atoms with Crippen LogP contribution in [0.3, 0.4) is 0 Å². The highest BCUT2D eigenvalue weighted by atomic mass is 35.5. The molecular weight excluding hydrogens is 194 g/mol. The van der Waals surface area contributed by atoms with Crippen LogP contribution in [-0.4, -0.2) is 11.2 Å². The zero-order valence-electron chi connectivity index (χ0n) is 6.83. The average Bonchev–Trinajstić information content (AvgIpc) is 2.49. The molecule has 0 bridgehead atoms. The first kappa shape index (κ1) is 9.99. The summed E-state index contributed by atoms with van der Waals surface area (Å²) in [6.07, 6.45) is 0.191. The molecule has 4 heteroatoms. The van der Waals surface area contributed by atoms with Gasteiger partial charge in [0.15, 0.2) is 0 Å². The van der Waals surface area contributed by atoms with E-state index in [9.17, 15) is 5.11 Å². The number of aliphatic hydroxyl groups is 1. The van der Waals surface area contributed by atoms with E-state index >= 15 is 0 Å². The summed E-state index contributed by atoms with van der Waals surface area (Å²) in [6, 6.07) is 3.35. The van der Waals surface area contributed by atoms with Gasteiger partial charge in [-0.05, 0) is 18.6 Å². The Hall–Kier alpha value is -0.0900. The molecule has 1 rings (SSSR count). The Kier molecular flexibility index (Phi) is 3.53. The number of halogens is 1. The maximum Gasteiger partial charge on any atom is 0.0931 e.